The lowest BCUT2D eigenvalue weighted by molar-refractivity contribution is 0.149. The van der Waals surface area contributed by atoms with Crippen LogP contribution in [0.2, 0.25) is 0 Å². The summed E-state index contributed by atoms with van der Waals surface area (Å²) in [6.07, 6.45) is 13.8. The van der Waals surface area contributed by atoms with Crippen LogP contribution in [0.3, 0.4) is 0 Å². The van der Waals surface area contributed by atoms with Gasteiger partial charge in [0.2, 0.25) is 0 Å². The third kappa shape index (κ3) is 8.98. The molecule has 0 spiro atoms. The van der Waals surface area contributed by atoms with E-state index in [9.17, 15) is 5.11 Å². The van der Waals surface area contributed by atoms with Gasteiger partial charge in [0.05, 0.1) is 12.1 Å². The van der Waals surface area contributed by atoms with E-state index in [2.05, 4.69) is 69.1 Å². The first-order valence-electron chi connectivity index (χ1n) is 18.5. The molecule has 2 aromatic carbocycles. The van der Waals surface area contributed by atoms with Crippen molar-refractivity contribution in [2.24, 2.45) is 11.8 Å². The first kappa shape index (κ1) is 34.4. The van der Waals surface area contributed by atoms with Gasteiger partial charge in [-0.05, 0) is 111 Å². The van der Waals surface area contributed by atoms with E-state index in [0.29, 0.717) is 35.8 Å². The van der Waals surface area contributed by atoms with Crippen LogP contribution >= 0.6 is 24.4 Å². The van der Waals surface area contributed by atoms with Gasteiger partial charge in [-0.1, -0.05) is 82.0 Å². The summed E-state index contributed by atoms with van der Waals surface area (Å²) >= 11 is 12.3. The van der Waals surface area contributed by atoms with Gasteiger partial charge in [-0.15, -0.1) is 0 Å². The standard InChI is InChI=1S/C39H57N5OS2/c1-29(2)21-35(26-41-20-10-15-33(41)27-42-34(24-40-38(42)46)22-31-16-18-37(45)19-17-31)44-28-36(23-30-11-8-5-9-12-30)43(39(44)47)25-32-13-6-3-4-7-14-32/h5,8-9,11-12,16-19,29,32-36,45H,3-4,6-7,10,13-15,20-28H2,1-2H3,(H,40,46)/t33?,34-,35-,36-/m0/s1. The summed E-state index contributed by atoms with van der Waals surface area (Å²) in [5.74, 6) is 1.68. The normalized spacial score (nSPS) is 25.2. The first-order chi connectivity index (χ1) is 22.8. The summed E-state index contributed by atoms with van der Waals surface area (Å²) in [6, 6.07) is 20.4. The lowest BCUT2D eigenvalue weighted by Crippen LogP contribution is -2.51. The van der Waals surface area contributed by atoms with Crippen LogP contribution in [0.1, 0.15) is 82.8 Å². The molecule has 0 aromatic heterocycles. The molecule has 4 aliphatic rings. The SMILES string of the molecule is CC(C)C[C@@H](CN1CCCC1CN1C(=S)NC[C@@H]1Cc1ccc(O)cc1)N1C[C@H](Cc2ccccc2)N(CC2CCCCCC2)C1=S. The average molecular weight is 676 g/mol. The van der Waals surface area contributed by atoms with Gasteiger partial charge in [0.25, 0.3) is 0 Å². The monoisotopic (exact) mass is 675 g/mol. The maximum atomic E-state index is 9.77. The number of hydrogen-bond acceptors (Lipinski definition) is 4. The minimum absolute atomic E-state index is 0.319. The van der Waals surface area contributed by atoms with E-state index >= 15 is 0 Å². The molecule has 0 bridgehead atoms. The molecule has 1 unspecified atom stereocenters. The summed E-state index contributed by atoms with van der Waals surface area (Å²) in [6.45, 7) is 11.0. The molecule has 6 nitrogen and oxygen atoms in total. The van der Waals surface area contributed by atoms with Gasteiger partial charge in [-0.25, -0.2) is 0 Å². The van der Waals surface area contributed by atoms with Crippen LogP contribution < -0.4 is 5.32 Å². The Morgan fingerprint density at radius 2 is 1.49 bits per heavy atom. The zero-order valence-corrected chi connectivity index (χ0v) is 30.4. The topological polar surface area (TPSA) is 45.2 Å². The molecule has 3 saturated heterocycles. The molecule has 8 heteroatoms. The quantitative estimate of drug-likeness (QED) is 0.177. The minimum Gasteiger partial charge on any atom is -0.508 e. The number of likely N-dealkylation sites (tertiary alicyclic amines) is 1. The molecule has 1 aliphatic carbocycles. The van der Waals surface area contributed by atoms with E-state index in [0.717, 1.165) is 74.7 Å². The van der Waals surface area contributed by atoms with Crippen molar-refractivity contribution in [3.63, 3.8) is 0 Å². The van der Waals surface area contributed by atoms with Crippen LogP contribution in [0.4, 0.5) is 0 Å². The number of nitrogens with one attached hydrogen (secondary N) is 1. The van der Waals surface area contributed by atoms with Gasteiger partial charge < -0.3 is 25.1 Å². The Labute approximate surface area is 294 Å². The lowest BCUT2D eigenvalue weighted by Gasteiger charge is -2.38. The third-order valence-corrected chi connectivity index (χ3v) is 12.1. The second-order valence-corrected chi connectivity index (χ2v) is 16.0. The van der Waals surface area contributed by atoms with Crippen LogP contribution in [-0.4, -0.2) is 98.4 Å². The highest BCUT2D eigenvalue weighted by Crippen LogP contribution is 2.32. The van der Waals surface area contributed by atoms with Gasteiger partial charge in [0.15, 0.2) is 10.2 Å². The lowest BCUT2D eigenvalue weighted by atomic mass is 9.98. The Bertz CT molecular complexity index is 1300. The Hall–Kier alpha value is -2.42. The van der Waals surface area contributed by atoms with Gasteiger partial charge in [0.1, 0.15) is 5.75 Å². The summed E-state index contributed by atoms with van der Waals surface area (Å²) < 4.78 is 0. The Morgan fingerprint density at radius 3 is 2.21 bits per heavy atom. The van der Waals surface area contributed by atoms with Gasteiger partial charge in [-0.2, -0.15) is 0 Å². The molecular formula is C39H57N5OS2. The predicted molar refractivity (Wildman–Crippen MR) is 202 cm³/mol. The van der Waals surface area contributed by atoms with E-state index in [4.69, 9.17) is 24.4 Å². The largest absolute Gasteiger partial charge is 0.508 e. The molecule has 4 fully saturated rings. The van der Waals surface area contributed by atoms with Crippen molar-refractivity contribution in [3.05, 3.63) is 65.7 Å². The van der Waals surface area contributed by atoms with Crippen molar-refractivity contribution in [2.45, 2.75) is 109 Å². The highest BCUT2D eigenvalue weighted by Gasteiger charge is 2.41. The number of nitrogens with zero attached hydrogens (tertiary/aromatic N) is 4. The molecule has 0 amide bonds. The number of thiocarbonyl (C=S) groups is 2. The zero-order valence-electron chi connectivity index (χ0n) is 28.7. The molecule has 256 valence electrons. The predicted octanol–water partition coefficient (Wildman–Crippen LogP) is 6.86. The molecule has 0 radical (unpaired) electrons. The molecule has 2 aromatic rings. The fraction of sp³-hybridized carbons (Fsp3) is 0.641. The zero-order chi connectivity index (χ0) is 32.8. The van der Waals surface area contributed by atoms with Crippen molar-refractivity contribution in [1.29, 1.82) is 0 Å². The van der Waals surface area contributed by atoms with Crippen LogP contribution in [-0.2, 0) is 12.8 Å². The maximum absolute atomic E-state index is 9.77. The molecule has 4 atom stereocenters. The van der Waals surface area contributed by atoms with Crippen LogP contribution in [0, 0.1) is 11.8 Å². The number of rotatable bonds is 13. The Morgan fingerprint density at radius 1 is 0.787 bits per heavy atom. The summed E-state index contributed by atoms with van der Waals surface area (Å²) in [4.78, 5) is 10.5. The van der Waals surface area contributed by atoms with E-state index in [1.54, 1.807) is 12.1 Å². The highest BCUT2D eigenvalue weighted by atomic mass is 32.1. The van der Waals surface area contributed by atoms with Gasteiger partial charge >= 0.3 is 0 Å². The van der Waals surface area contributed by atoms with Crippen molar-refractivity contribution in [2.75, 3.05) is 39.3 Å². The third-order valence-electron chi connectivity index (χ3n) is 11.2. The second-order valence-electron chi connectivity index (χ2n) is 15.2. The van der Waals surface area contributed by atoms with Crippen molar-refractivity contribution in [3.8, 4) is 5.75 Å². The fourth-order valence-corrected chi connectivity index (χ4v) is 9.48. The summed E-state index contributed by atoms with van der Waals surface area (Å²) in [7, 11) is 0. The van der Waals surface area contributed by atoms with E-state index < -0.39 is 0 Å². The number of phenolic OH excluding ortho intramolecular Hbond substituents is 1. The molecule has 47 heavy (non-hydrogen) atoms. The number of phenols is 1. The average Bonchev–Trinajstić information content (AvgIpc) is 3.65. The maximum Gasteiger partial charge on any atom is 0.172 e. The van der Waals surface area contributed by atoms with Gasteiger partial charge in [0, 0.05) is 44.8 Å². The smallest absolute Gasteiger partial charge is 0.172 e. The van der Waals surface area contributed by atoms with Crippen LogP contribution in [0.25, 0.3) is 0 Å². The molecule has 6 rings (SSSR count). The Balaban J connectivity index is 1.16. The molecule has 3 heterocycles. The number of benzene rings is 2. The molecular weight excluding hydrogens is 619 g/mol. The van der Waals surface area contributed by atoms with Crippen molar-refractivity contribution < 1.29 is 5.11 Å². The number of aromatic hydroxyl groups is 1. The highest BCUT2D eigenvalue weighted by molar-refractivity contribution is 7.80. The summed E-state index contributed by atoms with van der Waals surface area (Å²) in [5, 5.41) is 15.2. The molecule has 2 N–H and O–H groups in total. The van der Waals surface area contributed by atoms with Gasteiger partial charge in [-0.3, -0.25) is 4.90 Å². The molecule has 3 aliphatic heterocycles. The number of hydrogen-bond donors (Lipinski definition) is 2. The van der Waals surface area contributed by atoms with Crippen molar-refractivity contribution in [1.82, 2.24) is 24.9 Å². The van der Waals surface area contributed by atoms with Crippen molar-refractivity contribution >= 4 is 34.7 Å². The summed E-state index contributed by atoms with van der Waals surface area (Å²) in [5.41, 5.74) is 2.66. The van der Waals surface area contributed by atoms with E-state index in [1.165, 1.54) is 62.5 Å². The van der Waals surface area contributed by atoms with Crippen LogP contribution in [0.5, 0.6) is 5.75 Å². The minimum atomic E-state index is 0.319. The van der Waals surface area contributed by atoms with Crippen LogP contribution in [0.15, 0.2) is 54.6 Å². The van der Waals surface area contributed by atoms with E-state index in [-0.39, 0.29) is 0 Å². The first-order valence-corrected chi connectivity index (χ1v) is 19.3. The molecule has 1 saturated carbocycles. The fourth-order valence-electron chi connectivity index (χ4n) is 8.73. The second kappa shape index (κ2) is 16.3. The Kier molecular flexibility index (Phi) is 12.0. The van der Waals surface area contributed by atoms with E-state index in [1.807, 2.05) is 12.1 Å².